The van der Waals surface area contributed by atoms with Gasteiger partial charge in [0.25, 0.3) is 0 Å². The lowest BCUT2D eigenvalue weighted by Gasteiger charge is -2.08. The number of fused-ring (bicyclic) bond motifs is 2. The molecule has 26 heavy (non-hydrogen) atoms. The van der Waals surface area contributed by atoms with Crippen LogP contribution < -0.4 is 0 Å². The summed E-state index contributed by atoms with van der Waals surface area (Å²) in [5, 5.41) is 0. The molecule has 7 nitrogen and oxygen atoms in total. The largest absolute Gasteiger partial charge is 0.373 e. The third kappa shape index (κ3) is 2.55. The summed E-state index contributed by atoms with van der Waals surface area (Å²) in [7, 11) is 0. The highest BCUT2D eigenvalue weighted by atomic mass is 19.2. The van der Waals surface area contributed by atoms with Gasteiger partial charge in [-0.3, -0.25) is 9.55 Å². The Kier molecular flexibility index (Phi) is 3.78. The van der Waals surface area contributed by atoms with Gasteiger partial charge < -0.3 is 4.57 Å². The third-order valence-electron chi connectivity index (χ3n) is 4.19. The maximum absolute atomic E-state index is 13.7. The molecule has 0 radical (unpaired) electrons. The Balaban J connectivity index is 0.000000527. The van der Waals surface area contributed by atoms with Gasteiger partial charge in [0, 0.05) is 24.4 Å². The molecule has 0 amide bonds. The van der Waals surface area contributed by atoms with Gasteiger partial charge in [-0.05, 0) is 18.9 Å². The standard InChI is InChI=1S/C16H11F2N5.CO2/c17-10-5-12-15(6-11(10)18)23(9-1-2-9)16(21-12)22-8-20-13-7-19-4-3-14(13)22;2-1-3/h3-9H,1-2H2;. The molecule has 0 spiro atoms. The van der Waals surface area contributed by atoms with Gasteiger partial charge in [-0.15, -0.1) is 0 Å². The van der Waals surface area contributed by atoms with E-state index in [0.29, 0.717) is 17.0 Å². The highest BCUT2D eigenvalue weighted by Gasteiger charge is 2.30. The molecule has 1 aliphatic rings. The third-order valence-corrected chi connectivity index (χ3v) is 4.19. The summed E-state index contributed by atoms with van der Waals surface area (Å²) in [5.41, 5.74) is 2.66. The van der Waals surface area contributed by atoms with E-state index in [0.717, 1.165) is 29.9 Å². The normalized spacial score (nSPS) is 13.5. The fourth-order valence-electron chi connectivity index (χ4n) is 2.96. The first-order valence-corrected chi connectivity index (χ1v) is 7.77. The monoisotopic (exact) mass is 355 g/mol. The number of pyridine rings is 1. The van der Waals surface area contributed by atoms with Crippen molar-refractivity contribution in [2.45, 2.75) is 18.9 Å². The second kappa shape index (κ2) is 6.12. The number of aromatic nitrogens is 5. The van der Waals surface area contributed by atoms with Crippen LogP contribution in [0.3, 0.4) is 0 Å². The quantitative estimate of drug-likeness (QED) is 0.552. The van der Waals surface area contributed by atoms with Crippen molar-refractivity contribution in [3.63, 3.8) is 0 Å². The average Bonchev–Trinajstić information content (AvgIpc) is 3.27. The highest BCUT2D eigenvalue weighted by Crippen LogP contribution is 2.40. The fraction of sp³-hybridized carbons (Fsp3) is 0.176. The van der Waals surface area contributed by atoms with E-state index in [1.54, 1.807) is 18.7 Å². The summed E-state index contributed by atoms with van der Waals surface area (Å²) in [6.45, 7) is 0. The van der Waals surface area contributed by atoms with Crippen LogP contribution in [-0.4, -0.2) is 30.2 Å². The summed E-state index contributed by atoms with van der Waals surface area (Å²) in [5.74, 6) is -1.11. The van der Waals surface area contributed by atoms with Gasteiger partial charge >= 0.3 is 6.15 Å². The van der Waals surface area contributed by atoms with E-state index in [4.69, 9.17) is 9.59 Å². The molecule has 0 unspecified atom stereocenters. The molecule has 5 rings (SSSR count). The van der Waals surface area contributed by atoms with Gasteiger partial charge in [0.2, 0.25) is 5.95 Å². The van der Waals surface area contributed by atoms with Crippen LogP contribution in [-0.2, 0) is 9.59 Å². The summed E-state index contributed by atoms with van der Waals surface area (Å²) in [6, 6.07) is 4.48. The first-order valence-electron chi connectivity index (χ1n) is 7.77. The molecule has 3 heterocycles. The van der Waals surface area contributed by atoms with E-state index in [1.807, 2.05) is 15.2 Å². The molecule has 3 aromatic heterocycles. The average molecular weight is 355 g/mol. The van der Waals surface area contributed by atoms with E-state index in [-0.39, 0.29) is 12.2 Å². The zero-order chi connectivity index (χ0) is 18.3. The molecule has 1 saturated carbocycles. The molecule has 1 aliphatic carbocycles. The maximum Gasteiger partial charge on any atom is 0.373 e. The van der Waals surface area contributed by atoms with Crippen molar-refractivity contribution < 1.29 is 18.4 Å². The fourth-order valence-corrected chi connectivity index (χ4v) is 2.96. The van der Waals surface area contributed by atoms with Crippen LogP contribution in [0, 0.1) is 11.6 Å². The molecule has 4 aromatic rings. The molecule has 9 heteroatoms. The second-order valence-electron chi connectivity index (χ2n) is 5.83. The minimum atomic E-state index is -0.885. The van der Waals surface area contributed by atoms with Gasteiger partial charge in [-0.2, -0.15) is 9.59 Å². The van der Waals surface area contributed by atoms with Crippen molar-refractivity contribution in [1.82, 2.24) is 24.1 Å². The zero-order valence-corrected chi connectivity index (χ0v) is 13.3. The number of hydrogen-bond acceptors (Lipinski definition) is 5. The molecule has 130 valence electrons. The zero-order valence-electron chi connectivity index (χ0n) is 13.3. The Bertz CT molecular complexity index is 1160. The van der Waals surface area contributed by atoms with Crippen molar-refractivity contribution in [3.8, 4) is 5.95 Å². The summed E-state index contributed by atoms with van der Waals surface area (Å²) < 4.78 is 31.0. The number of carbonyl (C=O) groups excluding carboxylic acids is 2. The summed E-state index contributed by atoms with van der Waals surface area (Å²) in [4.78, 5) is 29.2. The van der Waals surface area contributed by atoms with E-state index in [1.165, 1.54) is 6.07 Å². The number of benzene rings is 1. The molecular weight excluding hydrogens is 344 g/mol. The second-order valence-corrected chi connectivity index (χ2v) is 5.83. The molecule has 1 fully saturated rings. The number of rotatable bonds is 2. The molecule has 0 N–H and O–H groups in total. The minimum Gasteiger partial charge on any atom is -0.306 e. The number of hydrogen-bond donors (Lipinski definition) is 0. The molecule has 0 atom stereocenters. The lowest BCUT2D eigenvalue weighted by Crippen LogP contribution is -2.04. The van der Waals surface area contributed by atoms with Gasteiger partial charge in [0.15, 0.2) is 11.6 Å². The van der Waals surface area contributed by atoms with Crippen molar-refractivity contribution in [2.24, 2.45) is 0 Å². The Morgan fingerprint density at radius 3 is 2.54 bits per heavy atom. The predicted octanol–water partition coefficient (Wildman–Crippen LogP) is 2.80. The van der Waals surface area contributed by atoms with E-state index in [2.05, 4.69) is 15.0 Å². The first-order chi connectivity index (χ1) is 12.6. The van der Waals surface area contributed by atoms with E-state index >= 15 is 0 Å². The van der Waals surface area contributed by atoms with Crippen molar-refractivity contribution >= 4 is 28.2 Å². The minimum absolute atomic E-state index is 0.250. The maximum atomic E-state index is 13.7. The smallest absolute Gasteiger partial charge is 0.306 e. The van der Waals surface area contributed by atoms with Crippen LogP contribution in [0.25, 0.3) is 28.0 Å². The van der Waals surface area contributed by atoms with Crippen LogP contribution in [0.5, 0.6) is 0 Å². The van der Waals surface area contributed by atoms with E-state index < -0.39 is 11.6 Å². The van der Waals surface area contributed by atoms with Crippen LogP contribution in [0.1, 0.15) is 18.9 Å². The van der Waals surface area contributed by atoms with Crippen molar-refractivity contribution in [3.05, 3.63) is 48.6 Å². The molecular formula is C17H11F2N5O2. The molecule has 0 saturated heterocycles. The summed E-state index contributed by atoms with van der Waals surface area (Å²) in [6.07, 6.45) is 7.29. The summed E-state index contributed by atoms with van der Waals surface area (Å²) >= 11 is 0. The number of imidazole rings is 2. The SMILES string of the molecule is Fc1cc2nc(-n3cnc4cnccc43)n(C3CC3)c2cc1F.O=C=O. The van der Waals surface area contributed by atoms with E-state index in [9.17, 15) is 8.78 Å². The predicted molar refractivity (Wildman–Crippen MR) is 85.4 cm³/mol. The first kappa shape index (κ1) is 16.0. The lowest BCUT2D eigenvalue weighted by atomic mass is 10.3. The highest BCUT2D eigenvalue weighted by molar-refractivity contribution is 5.80. The Morgan fingerprint density at radius 1 is 1.08 bits per heavy atom. The Labute approximate surface area is 144 Å². The van der Waals surface area contributed by atoms with Gasteiger partial charge in [-0.1, -0.05) is 0 Å². The van der Waals surface area contributed by atoms with Crippen molar-refractivity contribution in [2.75, 3.05) is 0 Å². The van der Waals surface area contributed by atoms with Gasteiger partial charge in [0.1, 0.15) is 11.8 Å². The van der Waals surface area contributed by atoms with Crippen LogP contribution in [0.15, 0.2) is 36.9 Å². The molecule has 0 aliphatic heterocycles. The van der Waals surface area contributed by atoms with Gasteiger partial charge in [-0.25, -0.2) is 18.7 Å². The Hall–Kier alpha value is -3.45. The van der Waals surface area contributed by atoms with Crippen LogP contribution in [0.2, 0.25) is 0 Å². The lowest BCUT2D eigenvalue weighted by molar-refractivity contribution is -0.191. The molecule has 1 aromatic carbocycles. The number of halogens is 2. The van der Waals surface area contributed by atoms with Crippen molar-refractivity contribution in [1.29, 1.82) is 0 Å². The van der Waals surface area contributed by atoms with Crippen LogP contribution >= 0.6 is 0 Å². The Morgan fingerprint density at radius 2 is 1.81 bits per heavy atom. The number of nitrogens with zero attached hydrogens (tertiary/aromatic N) is 5. The topological polar surface area (TPSA) is 82.7 Å². The molecule has 0 bridgehead atoms. The van der Waals surface area contributed by atoms with Gasteiger partial charge in [0.05, 0.1) is 22.7 Å². The van der Waals surface area contributed by atoms with Crippen LogP contribution in [0.4, 0.5) is 8.78 Å².